The van der Waals surface area contributed by atoms with Crippen LogP contribution in [-0.2, 0) is 16.1 Å². The van der Waals surface area contributed by atoms with Gasteiger partial charge in [-0.25, -0.2) is 4.79 Å². The molecule has 1 heterocycles. The first-order valence-corrected chi connectivity index (χ1v) is 9.47. The Labute approximate surface area is 179 Å². The number of benzene rings is 1. The van der Waals surface area contributed by atoms with Crippen molar-refractivity contribution >= 4 is 16.9 Å². The summed E-state index contributed by atoms with van der Waals surface area (Å²) < 4.78 is 17.6. The van der Waals surface area contributed by atoms with Crippen LogP contribution in [0.2, 0.25) is 0 Å². The summed E-state index contributed by atoms with van der Waals surface area (Å²) >= 11 is 0. The van der Waals surface area contributed by atoms with Gasteiger partial charge in [0.1, 0.15) is 18.7 Å². The standard InChI is InChI=1S/C21H32NO4.HI/c1-6-22(5,7-2)10-11-25-21(23)20-13-18-12-17(8-9-19(18)26-20)15-24-14-16(3)4;/h8-9,12-13,16H,6-7,10-11,14-15H2,1-5H3;1H/q+1;/p-1. The molecule has 0 unspecified atom stereocenters. The van der Waals surface area contributed by atoms with E-state index in [1.807, 2.05) is 18.2 Å². The number of hydrogen-bond acceptors (Lipinski definition) is 4. The molecule has 0 saturated carbocycles. The van der Waals surface area contributed by atoms with Crippen molar-refractivity contribution in [1.29, 1.82) is 0 Å². The predicted molar refractivity (Wildman–Crippen MR) is 103 cm³/mol. The Bertz CT molecular complexity index is 722. The van der Waals surface area contributed by atoms with Crippen molar-refractivity contribution in [3.05, 3.63) is 35.6 Å². The van der Waals surface area contributed by atoms with Gasteiger partial charge in [0, 0.05) is 12.0 Å². The van der Waals surface area contributed by atoms with Crippen molar-refractivity contribution < 1.29 is 47.1 Å². The maximum Gasteiger partial charge on any atom is 0.374 e. The molecule has 0 radical (unpaired) electrons. The van der Waals surface area contributed by atoms with Gasteiger partial charge in [-0.15, -0.1) is 0 Å². The van der Waals surface area contributed by atoms with Crippen molar-refractivity contribution in [3.8, 4) is 0 Å². The SMILES string of the molecule is CC[N+](C)(CC)CCOC(=O)c1cc2cc(COCC(C)C)ccc2o1.[I-]. The van der Waals surface area contributed by atoms with E-state index in [1.165, 1.54) is 0 Å². The maximum absolute atomic E-state index is 12.3. The zero-order valence-corrected chi connectivity index (χ0v) is 19.2. The zero-order valence-electron chi connectivity index (χ0n) is 17.1. The Morgan fingerprint density at radius 2 is 1.89 bits per heavy atom. The van der Waals surface area contributed by atoms with E-state index in [4.69, 9.17) is 13.9 Å². The first kappa shape index (κ1) is 23.9. The molecule has 1 aromatic heterocycles. The highest BCUT2D eigenvalue weighted by atomic mass is 127. The van der Waals surface area contributed by atoms with Crippen molar-refractivity contribution in [2.45, 2.75) is 34.3 Å². The van der Waals surface area contributed by atoms with E-state index in [1.54, 1.807) is 6.07 Å². The molecule has 1 aromatic carbocycles. The number of halogens is 1. The fourth-order valence-electron chi connectivity index (χ4n) is 2.67. The highest BCUT2D eigenvalue weighted by Crippen LogP contribution is 2.22. The van der Waals surface area contributed by atoms with Crippen LogP contribution in [0.15, 0.2) is 28.7 Å². The minimum absolute atomic E-state index is 0. The Kier molecular flexibility index (Phi) is 9.76. The molecule has 0 N–H and O–H groups in total. The van der Waals surface area contributed by atoms with Crippen LogP contribution in [0.1, 0.15) is 43.8 Å². The van der Waals surface area contributed by atoms with Gasteiger partial charge in [0.05, 0.1) is 26.7 Å². The molecule has 27 heavy (non-hydrogen) atoms. The Morgan fingerprint density at radius 3 is 2.52 bits per heavy atom. The molecule has 0 saturated heterocycles. The molecule has 0 bridgehead atoms. The predicted octanol–water partition coefficient (Wildman–Crippen LogP) is 1.25. The molecule has 5 nitrogen and oxygen atoms in total. The van der Waals surface area contributed by atoms with Crippen molar-refractivity contribution in [1.82, 2.24) is 0 Å². The van der Waals surface area contributed by atoms with Gasteiger partial charge >= 0.3 is 5.97 Å². The average Bonchev–Trinajstić information content (AvgIpc) is 3.04. The van der Waals surface area contributed by atoms with E-state index in [0.29, 0.717) is 24.7 Å². The first-order chi connectivity index (χ1) is 12.4. The molecule has 6 heteroatoms. The van der Waals surface area contributed by atoms with E-state index < -0.39 is 5.97 Å². The van der Waals surface area contributed by atoms with Crippen LogP contribution >= 0.6 is 0 Å². The Morgan fingerprint density at radius 1 is 1.19 bits per heavy atom. The zero-order chi connectivity index (χ0) is 19.2. The Hall–Kier alpha value is -1.12. The maximum atomic E-state index is 12.3. The molecule has 0 atom stereocenters. The van der Waals surface area contributed by atoms with Crippen LogP contribution < -0.4 is 24.0 Å². The molecule has 2 rings (SSSR count). The number of carbonyl (C=O) groups is 1. The molecule has 0 fully saturated rings. The van der Waals surface area contributed by atoms with E-state index in [0.717, 1.165) is 41.7 Å². The van der Waals surface area contributed by atoms with Gasteiger partial charge in [-0.2, -0.15) is 0 Å². The summed E-state index contributed by atoms with van der Waals surface area (Å²) in [6, 6.07) is 7.59. The number of nitrogens with zero attached hydrogens (tertiary/aromatic N) is 1. The lowest BCUT2D eigenvalue weighted by molar-refractivity contribution is -0.906. The molecule has 2 aromatic rings. The number of quaternary nitrogens is 1. The summed E-state index contributed by atoms with van der Waals surface area (Å²) in [4.78, 5) is 12.3. The van der Waals surface area contributed by atoms with Crippen molar-refractivity contribution in [2.75, 3.05) is 39.9 Å². The Balaban J connectivity index is 0.00000364. The minimum Gasteiger partial charge on any atom is -1.00 e. The molecule has 0 spiro atoms. The smallest absolute Gasteiger partial charge is 0.374 e. The van der Waals surface area contributed by atoms with Gasteiger partial charge in [-0.1, -0.05) is 19.9 Å². The second-order valence-electron chi connectivity index (χ2n) is 7.50. The minimum atomic E-state index is -0.405. The monoisotopic (exact) mass is 489 g/mol. The van der Waals surface area contributed by atoms with Gasteiger partial charge < -0.3 is 42.4 Å². The first-order valence-electron chi connectivity index (χ1n) is 9.47. The second kappa shape index (κ2) is 11.0. The van der Waals surface area contributed by atoms with Gasteiger partial charge in [-0.05, 0) is 43.5 Å². The van der Waals surface area contributed by atoms with Crippen LogP contribution in [0.5, 0.6) is 0 Å². The number of ether oxygens (including phenoxy) is 2. The highest BCUT2D eigenvalue weighted by Gasteiger charge is 2.19. The largest absolute Gasteiger partial charge is 1.00 e. The number of fused-ring (bicyclic) bond motifs is 1. The molecule has 0 aliphatic heterocycles. The molecule has 0 aliphatic carbocycles. The average molecular weight is 489 g/mol. The number of hydrogen-bond donors (Lipinski definition) is 0. The van der Waals surface area contributed by atoms with Gasteiger partial charge in [0.15, 0.2) is 0 Å². The summed E-state index contributed by atoms with van der Waals surface area (Å²) in [6.07, 6.45) is 0. The highest BCUT2D eigenvalue weighted by molar-refractivity contribution is 5.92. The van der Waals surface area contributed by atoms with Gasteiger partial charge in [0.25, 0.3) is 0 Å². The molecule has 152 valence electrons. The molecular weight excluding hydrogens is 457 g/mol. The van der Waals surface area contributed by atoms with Crippen molar-refractivity contribution in [2.24, 2.45) is 5.92 Å². The van der Waals surface area contributed by atoms with E-state index >= 15 is 0 Å². The number of carbonyl (C=O) groups excluding carboxylic acids is 1. The lowest BCUT2D eigenvalue weighted by atomic mass is 10.1. The topological polar surface area (TPSA) is 48.7 Å². The molecule has 0 amide bonds. The number of likely N-dealkylation sites (N-methyl/N-ethyl adjacent to an activating group) is 1. The lowest BCUT2D eigenvalue weighted by Gasteiger charge is -2.31. The van der Waals surface area contributed by atoms with E-state index in [2.05, 4.69) is 34.7 Å². The summed E-state index contributed by atoms with van der Waals surface area (Å²) in [7, 11) is 2.16. The fraction of sp³-hybridized carbons (Fsp3) is 0.571. The third-order valence-corrected chi connectivity index (χ3v) is 4.89. The summed E-state index contributed by atoms with van der Waals surface area (Å²) in [6.45, 7) is 13.1. The van der Waals surface area contributed by atoms with Crippen LogP contribution in [0.25, 0.3) is 11.0 Å². The number of furan rings is 1. The number of esters is 1. The lowest BCUT2D eigenvalue weighted by Crippen LogP contribution is -3.00. The molecule has 0 aliphatic rings. The van der Waals surface area contributed by atoms with Crippen LogP contribution in [0, 0.1) is 5.92 Å². The summed E-state index contributed by atoms with van der Waals surface area (Å²) in [5.74, 6) is 0.356. The van der Waals surface area contributed by atoms with E-state index in [-0.39, 0.29) is 29.7 Å². The van der Waals surface area contributed by atoms with Crippen LogP contribution in [0.3, 0.4) is 0 Å². The van der Waals surface area contributed by atoms with Gasteiger partial charge in [-0.3, -0.25) is 0 Å². The number of rotatable bonds is 10. The van der Waals surface area contributed by atoms with Gasteiger partial charge in [0.2, 0.25) is 5.76 Å². The van der Waals surface area contributed by atoms with Crippen LogP contribution in [-0.4, -0.2) is 50.3 Å². The fourth-order valence-corrected chi connectivity index (χ4v) is 2.67. The van der Waals surface area contributed by atoms with Crippen molar-refractivity contribution in [3.63, 3.8) is 0 Å². The second-order valence-corrected chi connectivity index (χ2v) is 7.50. The third kappa shape index (κ3) is 7.08. The van der Waals surface area contributed by atoms with E-state index in [9.17, 15) is 4.79 Å². The summed E-state index contributed by atoms with van der Waals surface area (Å²) in [5.41, 5.74) is 1.75. The summed E-state index contributed by atoms with van der Waals surface area (Å²) in [5, 5.41) is 0.894. The quantitative estimate of drug-likeness (QED) is 0.287. The third-order valence-electron chi connectivity index (χ3n) is 4.89. The normalized spacial score (nSPS) is 11.6. The molecular formula is C21H32INO4. The van der Waals surface area contributed by atoms with Crippen LogP contribution in [0.4, 0.5) is 0 Å².